The lowest BCUT2D eigenvalue weighted by atomic mass is 10.1. The molecule has 2 N–H and O–H groups in total. The Hall–Kier alpha value is -3.60. The Morgan fingerprint density at radius 1 is 0.623 bits per heavy atom. The Balaban J connectivity index is 0.000000282. The van der Waals surface area contributed by atoms with Crippen LogP contribution in [-0.2, 0) is 22.5 Å². The fourth-order valence-electron chi connectivity index (χ4n) is 6.48. The van der Waals surface area contributed by atoms with E-state index in [0.29, 0.717) is 19.0 Å². The smallest absolute Gasteiger partial charge is 0.161 e. The molecule has 294 valence electrons. The van der Waals surface area contributed by atoms with Crippen LogP contribution in [0.5, 0.6) is 23.0 Å². The number of benzene rings is 3. The second kappa shape index (κ2) is 27.9. The topological polar surface area (TPSA) is 93.1 Å². The van der Waals surface area contributed by atoms with E-state index >= 15 is 0 Å². The molecule has 2 aliphatic heterocycles. The zero-order chi connectivity index (χ0) is 37.8. The van der Waals surface area contributed by atoms with Crippen molar-refractivity contribution in [1.29, 1.82) is 0 Å². The van der Waals surface area contributed by atoms with E-state index in [1.165, 1.54) is 76.8 Å². The maximum Gasteiger partial charge on any atom is 0.161 e. The van der Waals surface area contributed by atoms with E-state index < -0.39 is 0 Å². The minimum atomic E-state index is 0.195. The Morgan fingerprint density at radius 2 is 1.25 bits per heavy atom. The van der Waals surface area contributed by atoms with Gasteiger partial charge in [-0.15, -0.1) is 0 Å². The third-order valence-electron chi connectivity index (χ3n) is 9.37. The van der Waals surface area contributed by atoms with Crippen molar-refractivity contribution in [3.8, 4) is 23.0 Å². The first kappa shape index (κ1) is 43.8. The molecule has 53 heavy (non-hydrogen) atoms. The quantitative estimate of drug-likeness (QED) is 0.112. The van der Waals surface area contributed by atoms with Gasteiger partial charge in [-0.2, -0.15) is 0 Å². The highest BCUT2D eigenvalue weighted by Gasteiger charge is 2.10. The number of nitrogens with zero attached hydrogens (tertiary/aromatic N) is 2. The van der Waals surface area contributed by atoms with Crippen molar-refractivity contribution < 1.29 is 33.9 Å². The highest BCUT2D eigenvalue weighted by atomic mass is 16.5. The van der Waals surface area contributed by atoms with Crippen LogP contribution in [0.1, 0.15) is 74.5 Å². The number of aliphatic hydroxyl groups is 1. The van der Waals surface area contributed by atoms with Crippen molar-refractivity contribution in [3.05, 3.63) is 89.5 Å². The Kier molecular flexibility index (Phi) is 23.1. The molecule has 2 saturated heterocycles. The molecule has 0 radical (unpaired) electrons. The summed E-state index contributed by atoms with van der Waals surface area (Å²) >= 11 is 0. The molecule has 0 atom stereocenters. The number of aromatic hydroxyl groups is 1. The predicted octanol–water partition coefficient (Wildman–Crippen LogP) is 8.01. The summed E-state index contributed by atoms with van der Waals surface area (Å²) in [5, 5.41) is 16.6. The molecular weight excluding hydrogens is 668 g/mol. The molecule has 9 heteroatoms. The molecule has 3 aromatic carbocycles. The number of ether oxygens (including phenoxy) is 5. The molecule has 0 aromatic heterocycles. The highest BCUT2D eigenvalue weighted by Crippen LogP contribution is 2.29. The maximum atomic E-state index is 9.56. The summed E-state index contributed by atoms with van der Waals surface area (Å²) in [7, 11) is 4.24. The van der Waals surface area contributed by atoms with E-state index in [2.05, 4.69) is 34.1 Å². The normalized spacial score (nSPS) is 14.9. The number of likely N-dealkylation sites (tertiary alicyclic amines) is 2. The molecule has 0 unspecified atom stereocenters. The molecule has 3 aromatic rings. The van der Waals surface area contributed by atoms with Gasteiger partial charge in [0.25, 0.3) is 0 Å². The van der Waals surface area contributed by atoms with Crippen LogP contribution in [-0.4, -0.2) is 107 Å². The van der Waals surface area contributed by atoms with Crippen LogP contribution in [0, 0.1) is 0 Å². The van der Waals surface area contributed by atoms with E-state index in [9.17, 15) is 5.11 Å². The largest absolute Gasteiger partial charge is 0.504 e. The van der Waals surface area contributed by atoms with Gasteiger partial charge in [0.05, 0.1) is 20.8 Å². The number of methoxy groups -OCH3 is 2. The molecule has 0 saturated carbocycles. The summed E-state index contributed by atoms with van der Waals surface area (Å²) in [6.45, 7) is 11.0. The standard InChI is InChI=1S/C25H33NO3.C18H29NO3.CH4O/c1-27-25-20-22(13-14-24(25)29-21-23-10-4-2-5-11-23)12-8-18-28-19-9-17-26-15-6-3-7-16-26;1-21-18-15-16(8-9-17(18)20)7-5-13-22-14-6-12-19-10-3-2-4-11-19;1-2/h2,4-5,8,10-14,20H,3,6-7,9,15-19,21H2,1H3;8-9,15,20H,2-7,10-14H2,1H3;2H,1H3/b12-8+;;. The SMILES string of the molecule is CO.COc1cc(/C=C/COCCCN2CCCCC2)ccc1OCc1ccccc1.COc1cc(CCCOCCCN2CCCCC2)ccc1O. The lowest BCUT2D eigenvalue weighted by Gasteiger charge is -2.26. The summed E-state index contributed by atoms with van der Waals surface area (Å²) in [6.07, 6.45) is 16.5. The third kappa shape index (κ3) is 18.3. The van der Waals surface area contributed by atoms with Crippen LogP contribution in [0.2, 0.25) is 0 Å². The zero-order valence-electron chi connectivity index (χ0n) is 32.7. The fourth-order valence-corrected chi connectivity index (χ4v) is 6.48. The number of phenols is 1. The Labute approximate surface area is 319 Å². The second-order valence-electron chi connectivity index (χ2n) is 13.4. The summed E-state index contributed by atoms with van der Waals surface area (Å²) in [5.74, 6) is 2.23. The lowest BCUT2D eigenvalue weighted by Crippen LogP contribution is -2.31. The Morgan fingerprint density at radius 3 is 1.89 bits per heavy atom. The van der Waals surface area contributed by atoms with Crippen molar-refractivity contribution in [1.82, 2.24) is 9.80 Å². The van der Waals surface area contributed by atoms with Gasteiger partial charge in [0.15, 0.2) is 23.0 Å². The predicted molar refractivity (Wildman–Crippen MR) is 215 cm³/mol. The first-order valence-corrected chi connectivity index (χ1v) is 19.6. The average molecular weight is 735 g/mol. The van der Waals surface area contributed by atoms with E-state index in [1.54, 1.807) is 20.3 Å². The first-order chi connectivity index (χ1) is 26.1. The van der Waals surface area contributed by atoms with Gasteiger partial charge in [0.1, 0.15) is 6.61 Å². The molecule has 9 nitrogen and oxygen atoms in total. The molecular formula is C44H66N2O7. The minimum absolute atomic E-state index is 0.195. The van der Waals surface area contributed by atoms with Crippen LogP contribution < -0.4 is 14.2 Å². The Bertz CT molecular complexity index is 1380. The third-order valence-corrected chi connectivity index (χ3v) is 9.37. The summed E-state index contributed by atoms with van der Waals surface area (Å²) in [6, 6.07) is 21.6. The molecule has 0 spiro atoms. The first-order valence-electron chi connectivity index (χ1n) is 19.6. The average Bonchev–Trinajstić information content (AvgIpc) is 3.22. The maximum absolute atomic E-state index is 9.56. The van der Waals surface area contributed by atoms with Crippen molar-refractivity contribution in [2.45, 2.75) is 70.8 Å². The van der Waals surface area contributed by atoms with Gasteiger partial charge >= 0.3 is 0 Å². The number of rotatable bonds is 20. The summed E-state index contributed by atoms with van der Waals surface area (Å²) in [4.78, 5) is 5.10. The van der Waals surface area contributed by atoms with Gasteiger partial charge in [0.2, 0.25) is 0 Å². The van der Waals surface area contributed by atoms with Crippen molar-refractivity contribution in [2.75, 3.05) is 87.0 Å². The molecule has 0 amide bonds. The van der Waals surface area contributed by atoms with Crippen LogP contribution in [0.25, 0.3) is 6.08 Å². The molecule has 2 aliphatic rings. The van der Waals surface area contributed by atoms with Gasteiger partial charge in [-0.3, -0.25) is 0 Å². The number of phenolic OH excluding ortho intramolecular Hbond substituents is 1. The number of hydrogen-bond donors (Lipinski definition) is 2. The van der Waals surface area contributed by atoms with Crippen LogP contribution in [0.3, 0.4) is 0 Å². The summed E-state index contributed by atoms with van der Waals surface area (Å²) in [5.41, 5.74) is 3.38. The van der Waals surface area contributed by atoms with Crippen LogP contribution >= 0.6 is 0 Å². The minimum Gasteiger partial charge on any atom is -0.504 e. The fraction of sp³-hybridized carbons (Fsp3) is 0.545. The molecule has 2 heterocycles. The number of aliphatic hydroxyl groups excluding tert-OH is 1. The summed E-state index contributed by atoms with van der Waals surface area (Å²) < 4.78 is 28.0. The molecule has 0 aliphatic carbocycles. The molecule has 2 fully saturated rings. The number of piperidine rings is 2. The van der Waals surface area contributed by atoms with Crippen molar-refractivity contribution in [3.63, 3.8) is 0 Å². The van der Waals surface area contributed by atoms with Crippen LogP contribution in [0.4, 0.5) is 0 Å². The number of aryl methyl sites for hydroxylation is 1. The number of hydrogen-bond acceptors (Lipinski definition) is 9. The molecule has 5 rings (SSSR count). The van der Waals surface area contributed by atoms with E-state index in [0.717, 1.165) is 81.8 Å². The van der Waals surface area contributed by atoms with E-state index in [4.69, 9.17) is 28.8 Å². The van der Waals surface area contributed by atoms with E-state index in [-0.39, 0.29) is 5.75 Å². The van der Waals surface area contributed by atoms with Gasteiger partial charge in [-0.05, 0) is 119 Å². The zero-order valence-corrected chi connectivity index (χ0v) is 32.7. The highest BCUT2D eigenvalue weighted by molar-refractivity contribution is 5.56. The van der Waals surface area contributed by atoms with Crippen molar-refractivity contribution in [2.24, 2.45) is 0 Å². The van der Waals surface area contributed by atoms with Gasteiger partial charge in [-0.25, -0.2) is 0 Å². The second-order valence-corrected chi connectivity index (χ2v) is 13.4. The van der Waals surface area contributed by atoms with Crippen molar-refractivity contribution >= 4 is 6.08 Å². The van der Waals surface area contributed by atoms with Crippen LogP contribution in [0.15, 0.2) is 72.8 Å². The monoisotopic (exact) mass is 734 g/mol. The van der Waals surface area contributed by atoms with Gasteiger partial charge < -0.3 is 43.7 Å². The molecule has 0 bridgehead atoms. The van der Waals surface area contributed by atoms with Gasteiger partial charge in [0, 0.05) is 40.0 Å². The van der Waals surface area contributed by atoms with Gasteiger partial charge in [-0.1, -0.05) is 67.5 Å². The lowest BCUT2D eigenvalue weighted by molar-refractivity contribution is 0.115. The van der Waals surface area contributed by atoms with E-state index in [1.807, 2.05) is 48.5 Å².